The van der Waals surface area contributed by atoms with Gasteiger partial charge < -0.3 is 4.74 Å². The number of benzene rings is 3. The van der Waals surface area contributed by atoms with Gasteiger partial charge in [0.05, 0.1) is 12.2 Å². The predicted molar refractivity (Wildman–Crippen MR) is 113 cm³/mol. The third kappa shape index (κ3) is 6.83. The standard InChI is InChI=1S/C25H21F3O3/c1-2-3-5-18-6-4-7-23(16-18)31-24(29)22-14-12-21(13-15-22)20-10-8-19(9-11-20)17-30-25(26,27)28/h3-16H,2,17H2,1H3. The number of ether oxygens (including phenoxy) is 2. The molecule has 3 aromatic rings. The van der Waals surface area contributed by atoms with Gasteiger partial charge in [-0.1, -0.05) is 67.6 Å². The van der Waals surface area contributed by atoms with E-state index in [1.807, 2.05) is 31.2 Å². The van der Waals surface area contributed by atoms with Gasteiger partial charge in [0.1, 0.15) is 5.75 Å². The molecule has 0 radical (unpaired) electrons. The van der Waals surface area contributed by atoms with Crippen molar-refractivity contribution < 1.29 is 27.4 Å². The van der Waals surface area contributed by atoms with Crippen LogP contribution < -0.4 is 4.74 Å². The summed E-state index contributed by atoms with van der Waals surface area (Å²) in [4.78, 5) is 12.4. The summed E-state index contributed by atoms with van der Waals surface area (Å²) in [5.74, 6) is -0.00758. The van der Waals surface area contributed by atoms with E-state index in [9.17, 15) is 18.0 Å². The van der Waals surface area contributed by atoms with Gasteiger partial charge in [-0.2, -0.15) is 0 Å². The summed E-state index contributed by atoms with van der Waals surface area (Å²) in [5, 5.41) is 0. The molecule has 0 N–H and O–H groups in total. The molecule has 3 aromatic carbocycles. The van der Waals surface area contributed by atoms with Crippen LogP contribution >= 0.6 is 0 Å². The SMILES string of the molecule is CCC=Cc1cccc(OC(=O)c2ccc(-c3ccc(COC(F)(F)F)cc3)cc2)c1. The number of carbonyl (C=O) groups is 1. The number of hydrogen-bond donors (Lipinski definition) is 0. The number of carbonyl (C=O) groups excluding carboxylic acids is 1. The van der Waals surface area contributed by atoms with Gasteiger partial charge in [-0.15, -0.1) is 13.2 Å². The summed E-state index contributed by atoms with van der Waals surface area (Å²) in [5.41, 5.74) is 3.40. The zero-order valence-corrected chi connectivity index (χ0v) is 16.9. The van der Waals surface area contributed by atoms with E-state index in [0.29, 0.717) is 16.9 Å². The van der Waals surface area contributed by atoms with E-state index in [-0.39, 0.29) is 0 Å². The first-order chi connectivity index (χ1) is 14.8. The Kier molecular flexibility index (Phi) is 7.26. The summed E-state index contributed by atoms with van der Waals surface area (Å²) in [6, 6.07) is 20.7. The van der Waals surface area contributed by atoms with E-state index in [1.165, 1.54) is 0 Å². The molecule has 0 aliphatic rings. The normalized spacial score (nSPS) is 11.6. The van der Waals surface area contributed by atoms with Gasteiger partial charge in [-0.3, -0.25) is 4.74 Å². The van der Waals surface area contributed by atoms with Gasteiger partial charge in [0.15, 0.2) is 0 Å². The first kappa shape index (κ1) is 22.3. The topological polar surface area (TPSA) is 35.5 Å². The molecule has 0 fully saturated rings. The zero-order chi connectivity index (χ0) is 22.3. The van der Waals surface area contributed by atoms with Crippen molar-refractivity contribution in [3.8, 4) is 16.9 Å². The highest BCUT2D eigenvalue weighted by molar-refractivity contribution is 5.91. The van der Waals surface area contributed by atoms with Gasteiger partial charge in [-0.25, -0.2) is 4.79 Å². The van der Waals surface area contributed by atoms with Crippen LogP contribution in [0.1, 0.15) is 34.8 Å². The summed E-state index contributed by atoms with van der Waals surface area (Å²) in [6.45, 7) is 1.50. The largest absolute Gasteiger partial charge is 0.522 e. The first-order valence-corrected chi connectivity index (χ1v) is 9.73. The molecule has 0 unspecified atom stereocenters. The van der Waals surface area contributed by atoms with E-state index in [0.717, 1.165) is 23.1 Å². The number of hydrogen-bond acceptors (Lipinski definition) is 3. The third-order valence-electron chi connectivity index (χ3n) is 4.43. The quantitative estimate of drug-likeness (QED) is 0.300. The second-order valence-electron chi connectivity index (χ2n) is 6.78. The van der Waals surface area contributed by atoms with Gasteiger partial charge in [-0.05, 0) is 52.9 Å². The fourth-order valence-electron chi connectivity index (χ4n) is 2.86. The van der Waals surface area contributed by atoms with Crippen LogP contribution in [0.3, 0.4) is 0 Å². The van der Waals surface area contributed by atoms with Crippen LogP contribution in [0.2, 0.25) is 0 Å². The van der Waals surface area contributed by atoms with Crippen molar-refractivity contribution in [2.24, 2.45) is 0 Å². The average molecular weight is 426 g/mol. The third-order valence-corrected chi connectivity index (χ3v) is 4.43. The first-order valence-electron chi connectivity index (χ1n) is 9.73. The van der Waals surface area contributed by atoms with Crippen molar-refractivity contribution in [1.82, 2.24) is 0 Å². The Hall–Kier alpha value is -3.38. The van der Waals surface area contributed by atoms with Crippen LogP contribution in [0.5, 0.6) is 5.75 Å². The van der Waals surface area contributed by atoms with Crippen molar-refractivity contribution in [3.63, 3.8) is 0 Å². The van der Waals surface area contributed by atoms with E-state index in [1.54, 1.807) is 60.7 Å². The average Bonchev–Trinajstić information content (AvgIpc) is 2.76. The number of esters is 1. The molecule has 0 aliphatic carbocycles. The zero-order valence-electron chi connectivity index (χ0n) is 16.9. The Balaban J connectivity index is 1.64. The molecule has 0 amide bonds. The van der Waals surface area contributed by atoms with E-state index in [4.69, 9.17) is 4.74 Å². The molecule has 0 spiro atoms. The lowest BCUT2D eigenvalue weighted by Gasteiger charge is -2.09. The maximum absolute atomic E-state index is 12.4. The predicted octanol–water partition coefficient (Wildman–Crippen LogP) is 7.03. The molecular formula is C25H21F3O3. The van der Waals surface area contributed by atoms with Crippen molar-refractivity contribution in [3.05, 3.63) is 95.6 Å². The molecular weight excluding hydrogens is 405 g/mol. The summed E-state index contributed by atoms with van der Waals surface area (Å²) >= 11 is 0. The van der Waals surface area contributed by atoms with Gasteiger partial charge in [0.25, 0.3) is 0 Å². The molecule has 0 heterocycles. The van der Waals surface area contributed by atoms with E-state index < -0.39 is 18.9 Å². The maximum Gasteiger partial charge on any atom is 0.522 e. The minimum Gasteiger partial charge on any atom is -0.423 e. The molecule has 3 nitrogen and oxygen atoms in total. The van der Waals surface area contributed by atoms with Crippen molar-refractivity contribution in [1.29, 1.82) is 0 Å². The minimum atomic E-state index is -4.66. The maximum atomic E-state index is 12.4. The number of alkyl halides is 3. The Bertz CT molecular complexity index is 1040. The molecule has 31 heavy (non-hydrogen) atoms. The van der Waals surface area contributed by atoms with Crippen molar-refractivity contribution in [2.75, 3.05) is 0 Å². The smallest absolute Gasteiger partial charge is 0.423 e. The van der Waals surface area contributed by atoms with Crippen LogP contribution in [0.25, 0.3) is 17.2 Å². The monoisotopic (exact) mass is 426 g/mol. The van der Waals surface area contributed by atoms with Gasteiger partial charge >= 0.3 is 12.3 Å². The Morgan fingerprint density at radius 1 is 0.935 bits per heavy atom. The molecule has 0 atom stereocenters. The Labute approximate surface area is 178 Å². The summed E-state index contributed by atoms with van der Waals surface area (Å²) < 4.78 is 45.7. The molecule has 0 saturated carbocycles. The molecule has 6 heteroatoms. The molecule has 0 bridgehead atoms. The minimum absolute atomic E-state index is 0.397. The van der Waals surface area contributed by atoms with Crippen molar-refractivity contribution in [2.45, 2.75) is 26.3 Å². The number of halogens is 3. The van der Waals surface area contributed by atoms with Crippen LogP contribution in [0, 0.1) is 0 Å². The lowest BCUT2D eigenvalue weighted by molar-refractivity contribution is -0.330. The second kappa shape index (κ2) is 10.1. The van der Waals surface area contributed by atoms with Crippen LogP contribution in [-0.4, -0.2) is 12.3 Å². The van der Waals surface area contributed by atoms with Crippen LogP contribution in [-0.2, 0) is 11.3 Å². The molecule has 0 saturated heterocycles. The Morgan fingerprint density at radius 3 is 2.19 bits per heavy atom. The van der Waals surface area contributed by atoms with E-state index in [2.05, 4.69) is 4.74 Å². The lowest BCUT2D eigenvalue weighted by Crippen LogP contribution is -2.12. The molecule has 3 rings (SSSR count). The summed E-state index contributed by atoms with van der Waals surface area (Å²) in [7, 11) is 0. The molecule has 160 valence electrons. The number of allylic oxidation sites excluding steroid dienone is 1. The highest BCUT2D eigenvalue weighted by Gasteiger charge is 2.28. The van der Waals surface area contributed by atoms with Gasteiger partial charge in [0.2, 0.25) is 0 Å². The molecule has 0 aromatic heterocycles. The highest BCUT2D eigenvalue weighted by atomic mass is 19.4. The Morgan fingerprint density at radius 2 is 1.58 bits per heavy atom. The second-order valence-corrected chi connectivity index (χ2v) is 6.78. The van der Waals surface area contributed by atoms with E-state index >= 15 is 0 Å². The fourth-order valence-corrected chi connectivity index (χ4v) is 2.86. The van der Waals surface area contributed by atoms with Crippen LogP contribution in [0.4, 0.5) is 13.2 Å². The highest BCUT2D eigenvalue weighted by Crippen LogP contribution is 2.23. The molecule has 0 aliphatic heterocycles. The van der Waals surface area contributed by atoms with Gasteiger partial charge in [0, 0.05) is 0 Å². The van der Waals surface area contributed by atoms with Crippen molar-refractivity contribution >= 4 is 12.0 Å². The number of rotatable bonds is 7. The lowest BCUT2D eigenvalue weighted by atomic mass is 10.0. The summed E-state index contributed by atoms with van der Waals surface area (Å²) in [6.07, 6.45) is 0.249. The van der Waals surface area contributed by atoms with Crippen LogP contribution in [0.15, 0.2) is 78.9 Å². The fraction of sp³-hybridized carbons (Fsp3) is 0.160.